The van der Waals surface area contributed by atoms with Crippen LogP contribution in [-0.2, 0) is 9.59 Å². The summed E-state index contributed by atoms with van der Waals surface area (Å²) in [5.41, 5.74) is 1.13. The van der Waals surface area contributed by atoms with Crippen LogP contribution in [-0.4, -0.2) is 49.4 Å². The van der Waals surface area contributed by atoms with E-state index in [4.69, 9.17) is 0 Å². The third-order valence-corrected chi connectivity index (χ3v) is 4.63. The quantitative estimate of drug-likeness (QED) is 0.902. The van der Waals surface area contributed by atoms with Gasteiger partial charge < -0.3 is 15.1 Å². The van der Waals surface area contributed by atoms with Crippen molar-refractivity contribution in [2.45, 2.75) is 32.7 Å². The highest BCUT2D eigenvalue weighted by molar-refractivity contribution is 5.80. The van der Waals surface area contributed by atoms with Crippen LogP contribution < -0.4 is 10.2 Å². The van der Waals surface area contributed by atoms with Crippen molar-refractivity contribution in [1.29, 1.82) is 0 Å². The summed E-state index contributed by atoms with van der Waals surface area (Å²) in [7, 11) is 2.03. The second-order valence-corrected chi connectivity index (χ2v) is 6.34. The van der Waals surface area contributed by atoms with Crippen LogP contribution in [0.25, 0.3) is 0 Å². The number of likely N-dealkylation sites (tertiary alicyclic amines) is 1. The van der Waals surface area contributed by atoms with E-state index in [0.717, 1.165) is 25.1 Å². The van der Waals surface area contributed by atoms with Gasteiger partial charge in [-0.2, -0.15) is 0 Å². The number of likely N-dealkylation sites (N-methyl/N-ethyl adjacent to an activating group) is 1. The van der Waals surface area contributed by atoms with Crippen LogP contribution in [0.2, 0.25) is 0 Å². The van der Waals surface area contributed by atoms with Gasteiger partial charge in [-0.15, -0.1) is 0 Å². The molecule has 5 heteroatoms. The molecule has 23 heavy (non-hydrogen) atoms. The largest absolute Gasteiger partial charge is 0.370 e. The lowest BCUT2D eigenvalue weighted by Crippen LogP contribution is -2.47. The molecule has 1 aliphatic heterocycles. The van der Waals surface area contributed by atoms with Crippen LogP contribution >= 0.6 is 0 Å². The molecule has 2 amide bonds. The number of hydrogen-bond acceptors (Lipinski definition) is 3. The predicted octanol–water partition coefficient (Wildman–Crippen LogP) is 1.89. The van der Waals surface area contributed by atoms with E-state index < -0.39 is 0 Å². The topological polar surface area (TPSA) is 52.7 Å². The van der Waals surface area contributed by atoms with Crippen LogP contribution in [0.3, 0.4) is 0 Å². The van der Waals surface area contributed by atoms with Gasteiger partial charge in [-0.1, -0.05) is 18.2 Å². The Bertz CT molecular complexity index is 532. The van der Waals surface area contributed by atoms with Gasteiger partial charge in [0.15, 0.2) is 0 Å². The number of amides is 2. The highest BCUT2D eigenvalue weighted by Gasteiger charge is 2.27. The van der Waals surface area contributed by atoms with E-state index in [0.29, 0.717) is 13.1 Å². The van der Waals surface area contributed by atoms with Crippen molar-refractivity contribution in [3.63, 3.8) is 0 Å². The molecule has 0 radical (unpaired) electrons. The van der Waals surface area contributed by atoms with E-state index >= 15 is 0 Å². The minimum atomic E-state index is -0.0816. The van der Waals surface area contributed by atoms with E-state index in [9.17, 15) is 9.59 Å². The molecular weight excluding hydrogens is 290 g/mol. The number of carbonyl (C=O) groups is 2. The molecule has 1 saturated heterocycles. The first-order valence-electron chi connectivity index (χ1n) is 8.30. The summed E-state index contributed by atoms with van der Waals surface area (Å²) in [5, 5.41) is 3.04. The molecule has 0 aromatic heterocycles. The number of nitrogens with zero attached hydrogens (tertiary/aromatic N) is 2. The van der Waals surface area contributed by atoms with Crippen LogP contribution in [0, 0.1) is 5.92 Å². The summed E-state index contributed by atoms with van der Waals surface area (Å²) in [6.07, 6.45) is 1.76. The van der Waals surface area contributed by atoms with Crippen LogP contribution in [0.1, 0.15) is 26.7 Å². The van der Waals surface area contributed by atoms with Gasteiger partial charge in [0.25, 0.3) is 0 Å². The van der Waals surface area contributed by atoms with Gasteiger partial charge in [0.2, 0.25) is 11.8 Å². The minimum Gasteiger partial charge on any atom is -0.370 e. The number of rotatable bonds is 5. The normalized spacial score (nSPS) is 19.1. The Kier molecular flexibility index (Phi) is 6.02. The zero-order valence-electron chi connectivity index (χ0n) is 14.3. The van der Waals surface area contributed by atoms with Crippen LogP contribution in [0.5, 0.6) is 0 Å². The Labute approximate surface area is 138 Å². The Balaban J connectivity index is 1.82. The van der Waals surface area contributed by atoms with Crippen LogP contribution in [0.15, 0.2) is 30.3 Å². The predicted molar refractivity (Wildman–Crippen MR) is 92.3 cm³/mol. The van der Waals surface area contributed by atoms with E-state index in [1.807, 2.05) is 25.2 Å². The summed E-state index contributed by atoms with van der Waals surface area (Å²) >= 11 is 0. The monoisotopic (exact) mass is 317 g/mol. The maximum absolute atomic E-state index is 12.4. The molecule has 0 spiro atoms. The Morgan fingerprint density at radius 1 is 1.35 bits per heavy atom. The average Bonchev–Trinajstić information content (AvgIpc) is 2.59. The molecule has 1 aliphatic rings. The summed E-state index contributed by atoms with van der Waals surface area (Å²) in [4.78, 5) is 27.8. The number of anilines is 1. The molecule has 2 rings (SSSR count). The van der Waals surface area contributed by atoms with E-state index in [1.165, 1.54) is 0 Å². The molecule has 1 N–H and O–H groups in total. The van der Waals surface area contributed by atoms with Gasteiger partial charge in [-0.05, 0) is 31.9 Å². The number of carbonyl (C=O) groups excluding carboxylic acids is 2. The van der Waals surface area contributed by atoms with Gasteiger partial charge >= 0.3 is 0 Å². The standard InChI is InChI=1S/C18H27N3O2/c1-14(20(3)17-9-5-4-6-10-17)12-19-18(23)16-8-7-11-21(13-16)15(2)22/h4-6,9-10,14,16H,7-8,11-13H2,1-3H3,(H,19,23)/t14-,16+/m1/s1. The molecular formula is C18H27N3O2. The molecule has 126 valence electrons. The molecule has 1 heterocycles. The zero-order valence-corrected chi connectivity index (χ0v) is 14.3. The van der Waals surface area contributed by atoms with Crippen molar-refractivity contribution in [1.82, 2.24) is 10.2 Å². The molecule has 5 nitrogen and oxygen atoms in total. The smallest absolute Gasteiger partial charge is 0.224 e. The second kappa shape index (κ2) is 7.99. The number of para-hydroxylation sites is 1. The van der Waals surface area contributed by atoms with Gasteiger partial charge in [0.05, 0.1) is 5.92 Å². The minimum absolute atomic E-state index is 0.0553. The summed E-state index contributed by atoms with van der Waals surface area (Å²) in [6.45, 7) is 5.57. The molecule has 1 aromatic carbocycles. The molecule has 1 fully saturated rings. The molecule has 0 aliphatic carbocycles. The number of benzene rings is 1. The lowest BCUT2D eigenvalue weighted by Gasteiger charge is -2.32. The maximum atomic E-state index is 12.4. The van der Waals surface area contributed by atoms with Gasteiger partial charge in [0.1, 0.15) is 0 Å². The SMILES string of the molecule is CC(=O)N1CCC[C@H](C(=O)NC[C@@H](C)N(C)c2ccccc2)C1. The Morgan fingerprint density at radius 2 is 2.04 bits per heavy atom. The first kappa shape index (κ1) is 17.3. The summed E-state index contributed by atoms with van der Waals surface area (Å²) in [5.74, 6) is 0.0332. The van der Waals surface area contributed by atoms with Crippen molar-refractivity contribution < 1.29 is 9.59 Å². The molecule has 0 unspecified atom stereocenters. The van der Waals surface area contributed by atoms with Gasteiger partial charge in [-0.3, -0.25) is 9.59 Å². The zero-order chi connectivity index (χ0) is 16.8. The fraction of sp³-hybridized carbons (Fsp3) is 0.556. The van der Waals surface area contributed by atoms with Gasteiger partial charge in [0, 0.05) is 45.3 Å². The van der Waals surface area contributed by atoms with Gasteiger partial charge in [-0.25, -0.2) is 0 Å². The second-order valence-electron chi connectivity index (χ2n) is 6.34. The fourth-order valence-electron chi connectivity index (χ4n) is 2.92. The van der Waals surface area contributed by atoms with Crippen LogP contribution in [0.4, 0.5) is 5.69 Å². The average molecular weight is 317 g/mol. The number of nitrogens with one attached hydrogen (secondary N) is 1. The first-order valence-corrected chi connectivity index (χ1v) is 8.30. The third-order valence-electron chi connectivity index (χ3n) is 4.63. The lowest BCUT2D eigenvalue weighted by atomic mass is 9.97. The van der Waals surface area contributed by atoms with Crippen molar-refractivity contribution >= 4 is 17.5 Å². The highest BCUT2D eigenvalue weighted by atomic mass is 16.2. The highest BCUT2D eigenvalue weighted by Crippen LogP contribution is 2.17. The third kappa shape index (κ3) is 4.71. The number of hydrogen-bond donors (Lipinski definition) is 1. The molecule has 2 atom stereocenters. The van der Waals surface area contributed by atoms with E-state index in [1.54, 1.807) is 11.8 Å². The Hall–Kier alpha value is -2.04. The van der Waals surface area contributed by atoms with Crippen molar-refractivity contribution in [2.75, 3.05) is 31.6 Å². The molecule has 1 aromatic rings. The molecule has 0 bridgehead atoms. The lowest BCUT2D eigenvalue weighted by molar-refractivity contribution is -0.133. The van der Waals surface area contributed by atoms with Crippen molar-refractivity contribution in [3.8, 4) is 0 Å². The van der Waals surface area contributed by atoms with E-state index in [-0.39, 0.29) is 23.8 Å². The van der Waals surface area contributed by atoms with E-state index in [2.05, 4.69) is 29.3 Å². The first-order chi connectivity index (χ1) is 11.0. The van der Waals surface area contributed by atoms with Crippen molar-refractivity contribution in [2.24, 2.45) is 5.92 Å². The number of piperidine rings is 1. The Morgan fingerprint density at radius 3 is 2.70 bits per heavy atom. The fourth-order valence-corrected chi connectivity index (χ4v) is 2.92. The van der Waals surface area contributed by atoms with Crippen molar-refractivity contribution in [3.05, 3.63) is 30.3 Å². The molecule has 0 saturated carbocycles. The summed E-state index contributed by atoms with van der Waals surface area (Å²) in [6, 6.07) is 10.3. The maximum Gasteiger partial charge on any atom is 0.224 e. The summed E-state index contributed by atoms with van der Waals surface area (Å²) < 4.78 is 0.